The van der Waals surface area contributed by atoms with E-state index >= 15 is 0 Å². The summed E-state index contributed by atoms with van der Waals surface area (Å²) in [6.07, 6.45) is 2.39. The van der Waals surface area contributed by atoms with Crippen molar-refractivity contribution < 1.29 is 0 Å². The molecule has 0 radical (unpaired) electrons. The van der Waals surface area contributed by atoms with Crippen molar-refractivity contribution in [3.63, 3.8) is 0 Å². The lowest BCUT2D eigenvalue weighted by molar-refractivity contribution is 0.979. The van der Waals surface area contributed by atoms with Gasteiger partial charge in [-0.05, 0) is 41.8 Å². The standard InChI is InChI=1S/C14H12BrClN2/c1-8-3-2-4-10(7-8)14-17-12(9-5-6-9)11(15)13(16)18-14/h2-4,7,9H,5-6H2,1H3. The highest BCUT2D eigenvalue weighted by Gasteiger charge is 2.29. The van der Waals surface area contributed by atoms with Gasteiger partial charge in [-0.2, -0.15) is 0 Å². The summed E-state index contributed by atoms with van der Waals surface area (Å²) in [5.41, 5.74) is 3.26. The van der Waals surface area contributed by atoms with Crippen LogP contribution in [0.5, 0.6) is 0 Å². The Bertz CT molecular complexity index is 609. The van der Waals surface area contributed by atoms with Gasteiger partial charge in [0.1, 0.15) is 5.15 Å². The summed E-state index contributed by atoms with van der Waals surface area (Å²) in [5.74, 6) is 1.26. The maximum absolute atomic E-state index is 6.18. The zero-order valence-corrected chi connectivity index (χ0v) is 12.3. The SMILES string of the molecule is Cc1cccc(-c2nc(Cl)c(Br)c(C3CC3)n2)c1. The Morgan fingerprint density at radius 1 is 1.28 bits per heavy atom. The smallest absolute Gasteiger partial charge is 0.161 e. The molecule has 1 aromatic heterocycles. The monoisotopic (exact) mass is 322 g/mol. The summed E-state index contributed by atoms with van der Waals surface area (Å²) in [6.45, 7) is 2.06. The first-order valence-electron chi connectivity index (χ1n) is 5.95. The molecule has 1 heterocycles. The Morgan fingerprint density at radius 2 is 2.06 bits per heavy atom. The van der Waals surface area contributed by atoms with Crippen molar-refractivity contribution in [2.75, 3.05) is 0 Å². The van der Waals surface area contributed by atoms with Crippen LogP contribution in [0.3, 0.4) is 0 Å². The van der Waals surface area contributed by atoms with E-state index in [0.717, 1.165) is 15.7 Å². The molecule has 0 atom stereocenters. The number of halogens is 2. The molecular formula is C14H12BrClN2. The Kier molecular flexibility index (Phi) is 3.12. The van der Waals surface area contributed by atoms with Crippen LogP contribution < -0.4 is 0 Å². The molecule has 18 heavy (non-hydrogen) atoms. The molecule has 2 aromatic rings. The number of nitrogens with zero attached hydrogens (tertiary/aromatic N) is 2. The summed E-state index contributed by atoms with van der Waals surface area (Å²) in [5, 5.41) is 0.503. The predicted molar refractivity (Wildman–Crippen MR) is 76.9 cm³/mol. The molecule has 1 saturated carbocycles. The lowest BCUT2D eigenvalue weighted by Crippen LogP contribution is -1.97. The van der Waals surface area contributed by atoms with E-state index < -0.39 is 0 Å². The molecule has 3 rings (SSSR count). The summed E-state index contributed by atoms with van der Waals surface area (Å²) in [4.78, 5) is 9.03. The molecule has 1 aliphatic rings. The lowest BCUT2D eigenvalue weighted by Gasteiger charge is -2.08. The first kappa shape index (κ1) is 12.1. The van der Waals surface area contributed by atoms with Gasteiger partial charge in [0.25, 0.3) is 0 Å². The van der Waals surface area contributed by atoms with Gasteiger partial charge in [0, 0.05) is 11.5 Å². The molecule has 0 N–H and O–H groups in total. The van der Waals surface area contributed by atoms with Crippen molar-refractivity contribution in [3.05, 3.63) is 45.1 Å². The minimum atomic E-state index is 0.503. The van der Waals surface area contributed by atoms with Crippen LogP contribution in [0.15, 0.2) is 28.7 Å². The van der Waals surface area contributed by atoms with E-state index in [2.05, 4.69) is 45.0 Å². The van der Waals surface area contributed by atoms with Crippen molar-refractivity contribution in [1.82, 2.24) is 9.97 Å². The van der Waals surface area contributed by atoms with Gasteiger partial charge in [-0.1, -0.05) is 35.4 Å². The Morgan fingerprint density at radius 3 is 2.72 bits per heavy atom. The number of aryl methyl sites for hydroxylation is 1. The molecule has 4 heteroatoms. The third-order valence-electron chi connectivity index (χ3n) is 3.08. The second-order valence-corrected chi connectivity index (χ2v) is 5.83. The third-order valence-corrected chi connectivity index (χ3v) is 4.36. The van der Waals surface area contributed by atoms with E-state index in [4.69, 9.17) is 11.6 Å². The minimum Gasteiger partial charge on any atom is -0.231 e. The number of aromatic nitrogens is 2. The average Bonchev–Trinajstić information content (AvgIpc) is 3.16. The summed E-state index contributed by atoms with van der Waals surface area (Å²) in [6, 6.07) is 8.17. The molecule has 0 unspecified atom stereocenters. The Balaban J connectivity index is 2.12. The van der Waals surface area contributed by atoms with E-state index in [1.165, 1.54) is 18.4 Å². The number of hydrogen-bond donors (Lipinski definition) is 0. The normalized spacial score (nSPS) is 14.8. The Labute approximate surface area is 120 Å². The molecule has 0 amide bonds. The summed E-state index contributed by atoms with van der Waals surface area (Å²) in [7, 11) is 0. The van der Waals surface area contributed by atoms with Crippen LogP contribution in [0, 0.1) is 6.92 Å². The molecule has 0 bridgehead atoms. The van der Waals surface area contributed by atoms with Crippen LogP contribution in [-0.4, -0.2) is 9.97 Å². The molecule has 0 saturated heterocycles. The molecule has 2 nitrogen and oxygen atoms in total. The predicted octanol–water partition coefficient (Wildman–Crippen LogP) is 4.75. The summed E-state index contributed by atoms with van der Waals surface area (Å²) >= 11 is 9.67. The summed E-state index contributed by atoms with van der Waals surface area (Å²) < 4.78 is 0.850. The molecule has 1 fully saturated rings. The van der Waals surface area contributed by atoms with E-state index in [0.29, 0.717) is 16.9 Å². The van der Waals surface area contributed by atoms with Crippen LogP contribution in [0.4, 0.5) is 0 Å². The average molecular weight is 324 g/mol. The maximum atomic E-state index is 6.18. The molecule has 0 spiro atoms. The largest absolute Gasteiger partial charge is 0.231 e. The highest BCUT2D eigenvalue weighted by molar-refractivity contribution is 9.10. The van der Waals surface area contributed by atoms with Gasteiger partial charge < -0.3 is 0 Å². The number of benzene rings is 1. The number of rotatable bonds is 2. The molecule has 1 aromatic carbocycles. The van der Waals surface area contributed by atoms with Gasteiger partial charge in [-0.3, -0.25) is 0 Å². The molecule has 1 aliphatic carbocycles. The van der Waals surface area contributed by atoms with E-state index in [1.54, 1.807) is 0 Å². The van der Waals surface area contributed by atoms with Crippen LogP contribution in [0.1, 0.15) is 30.0 Å². The van der Waals surface area contributed by atoms with Gasteiger partial charge in [0.2, 0.25) is 0 Å². The molecule has 92 valence electrons. The maximum Gasteiger partial charge on any atom is 0.161 e. The fourth-order valence-electron chi connectivity index (χ4n) is 1.98. The lowest BCUT2D eigenvalue weighted by atomic mass is 10.1. The van der Waals surface area contributed by atoms with Gasteiger partial charge in [0.05, 0.1) is 10.2 Å². The second-order valence-electron chi connectivity index (χ2n) is 4.68. The van der Waals surface area contributed by atoms with Crippen LogP contribution in [-0.2, 0) is 0 Å². The highest BCUT2D eigenvalue weighted by atomic mass is 79.9. The van der Waals surface area contributed by atoms with E-state index in [9.17, 15) is 0 Å². The van der Waals surface area contributed by atoms with Gasteiger partial charge in [0.15, 0.2) is 5.82 Å². The second kappa shape index (κ2) is 4.63. The van der Waals surface area contributed by atoms with Crippen molar-refractivity contribution >= 4 is 27.5 Å². The van der Waals surface area contributed by atoms with Crippen LogP contribution in [0.25, 0.3) is 11.4 Å². The first-order chi connectivity index (χ1) is 8.65. The molecular weight excluding hydrogens is 312 g/mol. The third kappa shape index (κ3) is 2.29. The van der Waals surface area contributed by atoms with Crippen molar-refractivity contribution in [3.8, 4) is 11.4 Å². The highest BCUT2D eigenvalue weighted by Crippen LogP contribution is 2.44. The fourth-order valence-corrected chi connectivity index (χ4v) is 2.65. The zero-order chi connectivity index (χ0) is 12.7. The minimum absolute atomic E-state index is 0.503. The van der Waals surface area contributed by atoms with Gasteiger partial charge in [-0.15, -0.1) is 0 Å². The zero-order valence-electron chi connectivity index (χ0n) is 9.95. The fraction of sp³-hybridized carbons (Fsp3) is 0.286. The van der Waals surface area contributed by atoms with E-state index in [1.807, 2.05) is 12.1 Å². The van der Waals surface area contributed by atoms with Gasteiger partial charge >= 0.3 is 0 Å². The quantitative estimate of drug-likeness (QED) is 0.746. The van der Waals surface area contributed by atoms with Crippen molar-refractivity contribution in [1.29, 1.82) is 0 Å². The van der Waals surface area contributed by atoms with Crippen molar-refractivity contribution in [2.24, 2.45) is 0 Å². The molecule has 0 aliphatic heterocycles. The first-order valence-corrected chi connectivity index (χ1v) is 7.12. The van der Waals surface area contributed by atoms with Crippen molar-refractivity contribution in [2.45, 2.75) is 25.7 Å². The topological polar surface area (TPSA) is 25.8 Å². The van der Waals surface area contributed by atoms with Crippen LogP contribution >= 0.6 is 27.5 Å². The Hall–Kier alpha value is -0.930. The van der Waals surface area contributed by atoms with E-state index in [-0.39, 0.29) is 0 Å². The van der Waals surface area contributed by atoms with Crippen LogP contribution in [0.2, 0.25) is 5.15 Å². The van der Waals surface area contributed by atoms with Gasteiger partial charge in [-0.25, -0.2) is 9.97 Å². The number of hydrogen-bond acceptors (Lipinski definition) is 2.